The Morgan fingerprint density at radius 3 is 2.67 bits per heavy atom. The van der Waals surface area contributed by atoms with Crippen LogP contribution in [0.1, 0.15) is 33.3 Å². The predicted octanol–water partition coefficient (Wildman–Crippen LogP) is 3.70. The minimum absolute atomic E-state index is 0.326. The van der Waals surface area contributed by atoms with Gasteiger partial charge in [0.2, 0.25) is 0 Å². The summed E-state index contributed by atoms with van der Waals surface area (Å²) in [5.41, 5.74) is 1.35. The number of benzene rings is 1. The van der Waals surface area contributed by atoms with Crippen LogP contribution in [0.15, 0.2) is 29.2 Å². The highest BCUT2D eigenvalue weighted by molar-refractivity contribution is 7.99. The maximum atomic E-state index is 5.54. The van der Waals surface area contributed by atoms with Gasteiger partial charge in [-0.3, -0.25) is 0 Å². The molecule has 0 aliphatic rings. The van der Waals surface area contributed by atoms with Gasteiger partial charge in [0.05, 0.1) is 12.7 Å². The lowest BCUT2D eigenvalue weighted by Gasteiger charge is -2.10. The first-order chi connectivity index (χ1) is 8.58. The molecule has 0 bridgehead atoms. The molecule has 0 heterocycles. The van der Waals surface area contributed by atoms with Crippen molar-refractivity contribution in [1.82, 2.24) is 5.32 Å². The molecule has 0 saturated carbocycles. The summed E-state index contributed by atoms with van der Waals surface area (Å²) in [6.07, 6.45) is 0.326. The molecule has 0 amide bonds. The zero-order valence-electron chi connectivity index (χ0n) is 11.9. The molecule has 0 spiro atoms. The molecule has 1 N–H and O–H groups in total. The van der Waals surface area contributed by atoms with E-state index in [4.69, 9.17) is 4.74 Å². The third kappa shape index (κ3) is 7.04. The Kier molecular flexibility index (Phi) is 7.40. The summed E-state index contributed by atoms with van der Waals surface area (Å²) < 4.78 is 5.54. The second-order valence-corrected chi connectivity index (χ2v) is 6.12. The quantitative estimate of drug-likeness (QED) is 0.573. The lowest BCUT2D eigenvalue weighted by molar-refractivity contribution is 0.0920. The van der Waals surface area contributed by atoms with E-state index in [-0.39, 0.29) is 0 Å². The Bertz CT molecular complexity index is 339. The Morgan fingerprint density at radius 1 is 1.22 bits per heavy atom. The summed E-state index contributed by atoms with van der Waals surface area (Å²) in [5, 5.41) is 3.44. The highest BCUT2D eigenvalue weighted by Crippen LogP contribution is 2.19. The van der Waals surface area contributed by atoms with Gasteiger partial charge >= 0.3 is 0 Å². The molecule has 102 valence electrons. The van der Waals surface area contributed by atoms with E-state index < -0.39 is 0 Å². The van der Waals surface area contributed by atoms with Crippen molar-refractivity contribution in [2.24, 2.45) is 0 Å². The molecule has 1 aromatic carbocycles. The van der Waals surface area contributed by atoms with Crippen molar-refractivity contribution in [3.8, 4) is 0 Å². The lowest BCUT2D eigenvalue weighted by Crippen LogP contribution is -2.21. The molecule has 0 fully saturated rings. The number of rotatable bonds is 8. The molecule has 0 aromatic heterocycles. The van der Waals surface area contributed by atoms with Gasteiger partial charge in [-0.1, -0.05) is 26.0 Å². The number of hydrogen-bond donors (Lipinski definition) is 1. The maximum Gasteiger partial charge on any atom is 0.0563 e. The van der Waals surface area contributed by atoms with Crippen LogP contribution >= 0.6 is 11.8 Å². The van der Waals surface area contributed by atoms with Crippen LogP contribution in [0.5, 0.6) is 0 Å². The lowest BCUT2D eigenvalue weighted by atomic mass is 10.2. The minimum atomic E-state index is 0.326. The molecule has 18 heavy (non-hydrogen) atoms. The molecule has 1 rings (SSSR count). The van der Waals surface area contributed by atoms with Crippen molar-refractivity contribution < 1.29 is 4.74 Å². The van der Waals surface area contributed by atoms with E-state index in [1.165, 1.54) is 10.5 Å². The molecule has 2 nitrogen and oxygen atoms in total. The van der Waals surface area contributed by atoms with Crippen LogP contribution in [0.3, 0.4) is 0 Å². The van der Waals surface area contributed by atoms with E-state index in [0.29, 0.717) is 12.1 Å². The first kappa shape index (κ1) is 15.5. The number of nitrogens with one attached hydrogen (secondary N) is 1. The van der Waals surface area contributed by atoms with Crippen molar-refractivity contribution in [1.29, 1.82) is 0 Å². The summed E-state index contributed by atoms with van der Waals surface area (Å²) >= 11 is 1.86. The van der Waals surface area contributed by atoms with E-state index in [2.05, 4.69) is 57.3 Å². The summed E-state index contributed by atoms with van der Waals surface area (Å²) in [6, 6.07) is 9.25. The van der Waals surface area contributed by atoms with Crippen LogP contribution in [-0.4, -0.2) is 24.5 Å². The Morgan fingerprint density at radius 2 is 2.00 bits per heavy atom. The molecule has 0 atom stereocenters. The third-order valence-corrected chi connectivity index (χ3v) is 3.37. The molecule has 0 radical (unpaired) electrons. The highest BCUT2D eigenvalue weighted by Gasteiger charge is 1.99. The molecule has 0 saturated heterocycles. The summed E-state index contributed by atoms with van der Waals surface area (Å²) in [7, 11) is 0. The van der Waals surface area contributed by atoms with Gasteiger partial charge in [-0.05, 0) is 31.5 Å². The number of hydrogen-bond acceptors (Lipinski definition) is 3. The fourth-order valence-electron chi connectivity index (χ4n) is 1.51. The molecule has 0 aliphatic carbocycles. The van der Waals surface area contributed by atoms with Gasteiger partial charge in [0.1, 0.15) is 0 Å². The van der Waals surface area contributed by atoms with Gasteiger partial charge in [-0.25, -0.2) is 0 Å². The van der Waals surface area contributed by atoms with E-state index in [9.17, 15) is 0 Å². The zero-order chi connectivity index (χ0) is 13.4. The average molecular weight is 267 g/mol. The molecule has 1 aromatic rings. The monoisotopic (exact) mass is 267 g/mol. The van der Waals surface area contributed by atoms with Crippen LogP contribution < -0.4 is 5.32 Å². The van der Waals surface area contributed by atoms with Crippen LogP contribution in [-0.2, 0) is 11.3 Å². The van der Waals surface area contributed by atoms with Crippen LogP contribution in [0.4, 0.5) is 0 Å². The topological polar surface area (TPSA) is 21.3 Å². The fourth-order valence-corrected chi connectivity index (χ4v) is 2.34. The summed E-state index contributed by atoms with van der Waals surface area (Å²) in [5.74, 6) is 1.01. The first-order valence-electron chi connectivity index (χ1n) is 6.64. The van der Waals surface area contributed by atoms with Gasteiger partial charge < -0.3 is 10.1 Å². The van der Waals surface area contributed by atoms with Gasteiger partial charge in [-0.15, -0.1) is 11.8 Å². The second-order valence-electron chi connectivity index (χ2n) is 4.95. The van der Waals surface area contributed by atoms with Crippen molar-refractivity contribution in [3.63, 3.8) is 0 Å². The van der Waals surface area contributed by atoms with Crippen LogP contribution in [0.25, 0.3) is 0 Å². The van der Waals surface area contributed by atoms with Crippen molar-refractivity contribution in [2.45, 2.75) is 51.3 Å². The summed E-state index contributed by atoms with van der Waals surface area (Å²) in [4.78, 5) is 1.32. The van der Waals surface area contributed by atoms with Crippen LogP contribution in [0.2, 0.25) is 0 Å². The average Bonchev–Trinajstić information content (AvgIpc) is 2.32. The Labute approximate surface area is 116 Å². The van der Waals surface area contributed by atoms with Gasteiger partial charge in [0.25, 0.3) is 0 Å². The molecular weight excluding hydrogens is 242 g/mol. The van der Waals surface area contributed by atoms with Gasteiger partial charge in [0, 0.05) is 23.2 Å². The van der Waals surface area contributed by atoms with E-state index in [0.717, 1.165) is 18.9 Å². The third-order valence-electron chi connectivity index (χ3n) is 2.42. The highest BCUT2D eigenvalue weighted by atomic mass is 32.2. The van der Waals surface area contributed by atoms with Crippen molar-refractivity contribution in [3.05, 3.63) is 29.8 Å². The predicted molar refractivity (Wildman–Crippen MR) is 80.2 cm³/mol. The maximum absolute atomic E-state index is 5.54. The standard InChI is InChI=1S/C15H25NOS/c1-12(2)16-11-14-6-5-7-15(10-14)18-9-8-17-13(3)4/h5-7,10,12-13,16H,8-9,11H2,1-4H3. The molecule has 0 aliphatic heterocycles. The molecule has 3 heteroatoms. The van der Waals surface area contributed by atoms with Crippen molar-refractivity contribution >= 4 is 11.8 Å². The van der Waals surface area contributed by atoms with E-state index in [1.807, 2.05) is 11.8 Å². The zero-order valence-corrected chi connectivity index (χ0v) is 12.7. The molecular formula is C15H25NOS. The summed E-state index contributed by atoms with van der Waals surface area (Å²) in [6.45, 7) is 10.2. The van der Waals surface area contributed by atoms with Gasteiger partial charge in [0.15, 0.2) is 0 Å². The largest absolute Gasteiger partial charge is 0.378 e. The van der Waals surface area contributed by atoms with Gasteiger partial charge in [-0.2, -0.15) is 0 Å². The van der Waals surface area contributed by atoms with Crippen LogP contribution in [0, 0.1) is 0 Å². The molecule has 0 unspecified atom stereocenters. The minimum Gasteiger partial charge on any atom is -0.378 e. The SMILES string of the molecule is CC(C)NCc1cccc(SCCOC(C)C)c1. The van der Waals surface area contributed by atoms with E-state index in [1.54, 1.807) is 0 Å². The van der Waals surface area contributed by atoms with Crippen molar-refractivity contribution in [2.75, 3.05) is 12.4 Å². The smallest absolute Gasteiger partial charge is 0.0563 e. The van der Waals surface area contributed by atoms with E-state index >= 15 is 0 Å². The first-order valence-corrected chi connectivity index (χ1v) is 7.63. The Balaban J connectivity index is 2.34. The number of ether oxygens (including phenoxy) is 1. The number of thioether (sulfide) groups is 1. The normalized spacial score (nSPS) is 11.4. The fraction of sp³-hybridized carbons (Fsp3) is 0.600. The second kappa shape index (κ2) is 8.57. The Hall–Kier alpha value is -0.510.